The summed E-state index contributed by atoms with van der Waals surface area (Å²) in [6.07, 6.45) is -3.98. The molecule has 0 unspecified atom stereocenters. The minimum atomic E-state index is -4.46. The molecule has 8 heteroatoms. The molecular formula is C17H18F3N3OS. The molecule has 0 saturated heterocycles. The van der Waals surface area contributed by atoms with Gasteiger partial charge >= 0.3 is 6.18 Å². The molecule has 2 heterocycles. The maximum atomic E-state index is 12.7. The van der Waals surface area contributed by atoms with Crippen molar-refractivity contribution in [2.75, 3.05) is 6.54 Å². The first kappa shape index (κ1) is 17.9. The van der Waals surface area contributed by atoms with Gasteiger partial charge in [-0.1, -0.05) is 31.2 Å². The molecule has 2 aromatic rings. The van der Waals surface area contributed by atoms with E-state index in [9.17, 15) is 18.0 Å². The predicted molar refractivity (Wildman–Crippen MR) is 88.8 cm³/mol. The number of nitrogens with zero attached hydrogens (tertiary/aromatic N) is 2. The molecule has 1 aromatic heterocycles. The summed E-state index contributed by atoms with van der Waals surface area (Å²) in [7, 11) is 0. The summed E-state index contributed by atoms with van der Waals surface area (Å²) in [6.45, 7) is 3.43. The number of alkyl halides is 3. The third-order valence-electron chi connectivity index (χ3n) is 4.13. The van der Waals surface area contributed by atoms with Gasteiger partial charge in [0, 0.05) is 18.5 Å². The van der Waals surface area contributed by atoms with Crippen LogP contribution < -0.4 is 5.32 Å². The van der Waals surface area contributed by atoms with Crippen molar-refractivity contribution in [1.29, 1.82) is 0 Å². The van der Waals surface area contributed by atoms with Gasteiger partial charge in [-0.25, -0.2) is 4.98 Å². The molecule has 1 amide bonds. The molecule has 1 atom stereocenters. The van der Waals surface area contributed by atoms with E-state index in [1.54, 1.807) is 0 Å². The lowest BCUT2D eigenvalue weighted by molar-refractivity contribution is -0.140. The Kier molecular flexibility index (Phi) is 5.10. The lowest BCUT2D eigenvalue weighted by atomic mass is 10.1. The zero-order valence-electron chi connectivity index (χ0n) is 13.6. The third-order valence-corrected chi connectivity index (χ3v) is 5.09. The second kappa shape index (κ2) is 7.13. The average Bonchev–Trinajstić information content (AvgIpc) is 3.18. The monoisotopic (exact) mass is 369 g/mol. The van der Waals surface area contributed by atoms with Crippen LogP contribution in [0.15, 0.2) is 29.6 Å². The molecule has 0 saturated carbocycles. The van der Waals surface area contributed by atoms with Gasteiger partial charge < -0.3 is 5.32 Å². The molecule has 1 aliphatic heterocycles. The fourth-order valence-corrected chi connectivity index (χ4v) is 3.83. The highest BCUT2D eigenvalue weighted by Gasteiger charge is 2.34. The molecule has 0 spiro atoms. The van der Waals surface area contributed by atoms with Crippen LogP contribution in [-0.4, -0.2) is 22.3 Å². The maximum Gasteiger partial charge on any atom is 0.434 e. The molecule has 1 N–H and O–H groups in total. The predicted octanol–water partition coefficient (Wildman–Crippen LogP) is 3.75. The van der Waals surface area contributed by atoms with Gasteiger partial charge in [-0.15, -0.1) is 11.3 Å². The van der Waals surface area contributed by atoms with Crippen molar-refractivity contribution >= 4 is 17.2 Å². The van der Waals surface area contributed by atoms with E-state index >= 15 is 0 Å². The van der Waals surface area contributed by atoms with Gasteiger partial charge in [-0.3, -0.25) is 9.69 Å². The minimum Gasteiger partial charge on any atom is -0.346 e. The zero-order chi connectivity index (χ0) is 18.0. The van der Waals surface area contributed by atoms with Crippen LogP contribution in [0.4, 0.5) is 13.2 Å². The summed E-state index contributed by atoms with van der Waals surface area (Å²) >= 11 is 0.924. The molecule has 0 bridgehead atoms. The van der Waals surface area contributed by atoms with E-state index in [2.05, 4.69) is 10.3 Å². The van der Waals surface area contributed by atoms with Crippen LogP contribution >= 0.6 is 11.3 Å². The first-order valence-corrected chi connectivity index (χ1v) is 8.86. The standard InChI is InChI=1S/C17H18F3N3OS/c1-2-13(16-22-14(10-25-16)17(18,19)20)21-15(24)9-23-7-11-5-3-4-6-12(11)8-23/h3-6,10,13H,2,7-9H2,1H3,(H,21,24)/t13-/m0/s1. The lowest BCUT2D eigenvalue weighted by Crippen LogP contribution is -2.36. The Hall–Kier alpha value is -1.93. The van der Waals surface area contributed by atoms with Crippen LogP contribution in [-0.2, 0) is 24.1 Å². The van der Waals surface area contributed by atoms with Crippen LogP contribution in [0.3, 0.4) is 0 Å². The third kappa shape index (κ3) is 4.19. The molecular weight excluding hydrogens is 351 g/mol. The SMILES string of the molecule is CC[C@H](NC(=O)CN1Cc2ccccc2C1)c1nc(C(F)(F)F)cs1. The normalized spacial score (nSPS) is 15.8. The number of rotatable bonds is 5. The molecule has 3 rings (SSSR count). The Morgan fingerprint density at radius 2 is 1.96 bits per heavy atom. The van der Waals surface area contributed by atoms with Crippen molar-refractivity contribution in [1.82, 2.24) is 15.2 Å². The first-order chi connectivity index (χ1) is 11.9. The van der Waals surface area contributed by atoms with Crippen molar-refractivity contribution < 1.29 is 18.0 Å². The van der Waals surface area contributed by atoms with E-state index in [4.69, 9.17) is 0 Å². The molecule has 0 fully saturated rings. The van der Waals surface area contributed by atoms with E-state index in [1.165, 1.54) is 11.1 Å². The lowest BCUT2D eigenvalue weighted by Gasteiger charge is -2.18. The van der Waals surface area contributed by atoms with Crippen molar-refractivity contribution in [3.05, 3.63) is 51.5 Å². The summed E-state index contributed by atoms with van der Waals surface area (Å²) in [4.78, 5) is 17.9. The largest absolute Gasteiger partial charge is 0.434 e. The molecule has 0 radical (unpaired) electrons. The Morgan fingerprint density at radius 1 is 1.32 bits per heavy atom. The number of hydrogen-bond donors (Lipinski definition) is 1. The van der Waals surface area contributed by atoms with Gasteiger partial charge in [0.2, 0.25) is 5.91 Å². The second-order valence-electron chi connectivity index (χ2n) is 6.01. The van der Waals surface area contributed by atoms with Crippen molar-refractivity contribution in [3.63, 3.8) is 0 Å². The average molecular weight is 369 g/mol. The van der Waals surface area contributed by atoms with E-state index in [1.807, 2.05) is 36.1 Å². The van der Waals surface area contributed by atoms with Gasteiger partial charge in [-0.2, -0.15) is 13.2 Å². The number of carbonyl (C=O) groups is 1. The summed E-state index contributed by atoms with van der Waals surface area (Å²) < 4.78 is 38.0. The summed E-state index contributed by atoms with van der Waals surface area (Å²) in [5.41, 5.74) is 1.50. The van der Waals surface area contributed by atoms with Gasteiger partial charge in [-0.05, 0) is 17.5 Å². The summed E-state index contributed by atoms with van der Waals surface area (Å²) in [6, 6.07) is 7.51. The molecule has 1 aliphatic rings. The first-order valence-electron chi connectivity index (χ1n) is 7.98. The highest BCUT2D eigenvalue weighted by molar-refractivity contribution is 7.09. The number of carbonyl (C=O) groups excluding carboxylic acids is 1. The molecule has 0 aliphatic carbocycles. The van der Waals surface area contributed by atoms with E-state index < -0.39 is 17.9 Å². The Morgan fingerprint density at radius 3 is 2.48 bits per heavy atom. The topological polar surface area (TPSA) is 45.2 Å². The smallest absolute Gasteiger partial charge is 0.346 e. The number of nitrogens with one attached hydrogen (secondary N) is 1. The number of aromatic nitrogens is 1. The summed E-state index contributed by atoms with van der Waals surface area (Å²) in [5, 5.41) is 4.07. The Labute approximate surface area is 147 Å². The van der Waals surface area contributed by atoms with Crippen LogP contribution in [0, 0.1) is 0 Å². The molecule has 25 heavy (non-hydrogen) atoms. The number of hydrogen-bond acceptors (Lipinski definition) is 4. The fourth-order valence-electron chi connectivity index (χ4n) is 2.87. The Balaban J connectivity index is 1.59. The maximum absolute atomic E-state index is 12.7. The number of fused-ring (bicyclic) bond motifs is 1. The van der Waals surface area contributed by atoms with Crippen LogP contribution in [0.2, 0.25) is 0 Å². The van der Waals surface area contributed by atoms with Crippen LogP contribution in [0.25, 0.3) is 0 Å². The van der Waals surface area contributed by atoms with Gasteiger partial charge in [0.25, 0.3) is 0 Å². The fraction of sp³-hybridized carbons (Fsp3) is 0.412. The number of benzene rings is 1. The van der Waals surface area contributed by atoms with Crippen LogP contribution in [0.1, 0.15) is 41.2 Å². The van der Waals surface area contributed by atoms with Crippen molar-refractivity contribution in [3.8, 4) is 0 Å². The van der Waals surface area contributed by atoms with Crippen LogP contribution in [0.5, 0.6) is 0 Å². The van der Waals surface area contributed by atoms with Gasteiger partial charge in [0.05, 0.1) is 12.6 Å². The minimum absolute atomic E-state index is 0.205. The van der Waals surface area contributed by atoms with Gasteiger partial charge in [0.1, 0.15) is 5.01 Å². The molecule has 4 nitrogen and oxygen atoms in total. The van der Waals surface area contributed by atoms with E-state index in [-0.39, 0.29) is 17.5 Å². The molecule has 1 aromatic carbocycles. The van der Waals surface area contributed by atoms with E-state index in [0.717, 1.165) is 16.7 Å². The number of thiazole rings is 1. The number of amides is 1. The quantitative estimate of drug-likeness (QED) is 0.873. The highest BCUT2D eigenvalue weighted by Crippen LogP contribution is 2.32. The zero-order valence-corrected chi connectivity index (χ0v) is 14.5. The van der Waals surface area contributed by atoms with Gasteiger partial charge in [0.15, 0.2) is 5.69 Å². The second-order valence-corrected chi connectivity index (χ2v) is 6.90. The van der Waals surface area contributed by atoms with Crippen molar-refractivity contribution in [2.24, 2.45) is 0 Å². The Bertz CT molecular complexity index is 735. The van der Waals surface area contributed by atoms with E-state index in [0.29, 0.717) is 19.5 Å². The molecule has 134 valence electrons. The number of halogens is 3. The summed E-state index contributed by atoms with van der Waals surface area (Å²) in [5.74, 6) is -0.205. The highest BCUT2D eigenvalue weighted by atomic mass is 32.1. The van der Waals surface area contributed by atoms with Crippen molar-refractivity contribution in [2.45, 2.75) is 38.7 Å².